The molecule has 0 saturated carbocycles. The van der Waals surface area contributed by atoms with Gasteiger partial charge in [0.15, 0.2) is 0 Å². The average Bonchev–Trinajstić information content (AvgIpc) is 3.04. The first-order valence-electron chi connectivity index (χ1n) is 9.18. The second-order valence-corrected chi connectivity index (χ2v) is 7.97. The Morgan fingerprint density at radius 1 is 1.33 bits per heavy atom. The fraction of sp³-hybridized carbons (Fsp3) is 0.556. The van der Waals surface area contributed by atoms with E-state index in [9.17, 15) is 31.5 Å². The number of carbonyl (C=O) groups excluding carboxylic acids is 2. The number of hydrogen-bond donors (Lipinski definition) is 2. The van der Waals surface area contributed by atoms with E-state index in [1.807, 2.05) is 0 Å². The number of piperidine rings is 1. The van der Waals surface area contributed by atoms with Gasteiger partial charge in [-0.15, -0.1) is 0 Å². The van der Waals surface area contributed by atoms with Crippen molar-refractivity contribution in [3.63, 3.8) is 0 Å². The van der Waals surface area contributed by atoms with Crippen LogP contribution in [-0.4, -0.2) is 60.1 Å². The van der Waals surface area contributed by atoms with Crippen molar-refractivity contribution in [3.05, 3.63) is 34.4 Å². The number of amides is 3. The summed E-state index contributed by atoms with van der Waals surface area (Å²) in [6.07, 6.45) is -4.72. The first-order chi connectivity index (χ1) is 13.9. The molecule has 0 radical (unpaired) electrons. The highest BCUT2D eigenvalue weighted by Gasteiger charge is 2.49. The van der Waals surface area contributed by atoms with Crippen LogP contribution in [-0.2, 0) is 4.79 Å². The van der Waals surface area contributed by atoms with Crippen LogP contribution < -0.4 is 11.1 Å². The zero-order chi connectivity index (χ0) is 22.4. The molecule has 4 atom stereocenters. The minimum Gasteiger partial charge on any atom is -0.368 e. The number of hydrogen-bond acceptors (Lipinski definition) is 3. The standard InChI is InChI=1S/C18H20ClF5N4O2/c1-27-5-4-8(6-12(27)18(22,23)24)15(9-2-3-10(20)13(19)14(9)21)28-7-11(16(25)29)26-17(28)30/h2-3,8,11-12,15H,4-7H2,1H3,(H2,25,29)(H,26,30)/t8-,11?,12+,15+/m0/s1. The second kappa shape index (κ2) is 8.18. The van der Waals surface area contributed by atoms with Crippen LogP contribution in [0, 0.1) is 17.6 Å². The first kappa shape index (κ1) is 22.5. The van der Waals surface area contributed by atoms with Gasteiger partial charge in [0.05, 0.1) is 12.6 Å². The molecule has 0 spiro atoms. The van der Waals surface area contributed by atoms with Gasteiger partial charge in [0.25, 0.3) is 0 Å². The molecule has 1 aromatic carbocycles. The average molecular weight is 455 g/mol. The Bertz CT molecular complexity index is 853. The van der Waals surface area contributed by atoms with Crippen LogP contribution in [0.25, 0.3) is 0 Å². The normalized spacial score (nSPS) is 26.6. The predicted molar refractivity (Wildman–Crippen MR) is 97.5 cm³/mol. The number of carbonyl (C=O) groups is 2. The Hall–Kier alpha value is -2.14. The number of nitrogens with one attached hydrogen (secondary N) is 1. The second-order valence-electron chi connectivity index (χ2n) is 7.59. The molecule has 3 amide bonds. The van der Waals surface area contributed by atoms with Crippen molar-refractivity contribution < 1.29 is 31.5 Å². The van der Waals surface area contributed by atoms with Gasteiger partial charge in [-0.2, -0.15) is 13.2 Å². The van der Waals surface area contributed by atoms with E-state index in [0.29, 0.717) is 0 Å². The lowest BCUT2D eigenvalue weighted by Gasteiger charge is -2.43. The van der Waals surface area contributed by atoms with Gasteiger partial charge in [-0.25, -0.2) is 13.6 Å². The van der Waals surface area contributed by atoms with E-state index >= 15 is 0 Å². The molecule has 6 nitrogen and oxygen atoms in total. The van der Waals surface area contributed by atoms with E-state index in [1.54, 1.807) is 0 Å². The summed E-state index contributed by atoms with van der Waals surface area (Å²) in [5.74, 6) is -3.84. The van der Waals surface area contributed by atoms with Crippen LogP contribution in [0.2, 0.25) is 5.02 Å². The number of urea groups is 1. The van der Waals surface area contributed by atoms with E-state index in [-0.39, 0.29) is 25.1 Å². The molecule has 2 aliphatic heterocycles. The number of nitrogens with two attached hydrogens (primary N) is 1. The molecule has 3 N–H and O–H groups in total. The summed E-state index contributed by atoms with van der Waals surface area (Å²) >= 11 is 5.68. The fourth-order valence-corrected chi connectivity index (χ4v) is 4.36. The zero-order valence-corrected chi connectivity index (χ0v) is 16.6. The lowest BCUT2D eigenvalue weighted by molar-refractivity contribution is -0.193. The molecule has 0 aliphatic carbocycles. The third-order valence-corrected chi connectivity index (χ3v) is 6.08. The van der Waals surface area contributed by atoms with Gasteiger partial charge in [0, 0.05) is 5.56 Å². The summed E-state index contributed by atoms with van der Waals surface area (Å²) in [5.41, 5.74) is 5.02. The van der Waals surface area contributed by atoms with Gasteiger partial charge in [-0.3, -0.25) is 9.69 Å². The largest absolute Gasteiger partial charge is 0.404 e. The van der Waals surface area contributed by atoms with Crippen LogP contribution >= 0.6 is 11.6 Å². The predicted octanol–water partition coefficient (Wildman–Crippen LogP) is 2.81. The Morgan fingerprint density at radius 3 is 2.57 bits per heavy atom. The third-order valence-electron chi connectivity index (χ3n) is 5.74. The maximum atomic E-state index is 14.9. The molecule has 1 unspecified atom stereocenters. The van der Waals surface area contributed by atoms with E-state index in [2.05, 4.69) is 5.32 Å². The van der Waals surface area contributed by atoms with Gasteiger partial charge in [-0.1, -0.05) is 17.7 Å². The van der Waals surface area contributed by atoms with Crippen LogP contribution in [0.15, 0.2) is 12.1 Å². The lowest BCUT2D eigenvalue weighted by atomic mass is 9.81. The summed E-state index contributed by atoms with van der Waals surface area (Å²) in [4.78, 5) is 26.2. The van der Waals surface area contributed by atoms with E-state index in [1.165, 1.54) is 7.05 Å². The Kier molecular flexibility index (Phi) is 6.15. The van der Waals surface area contributed by atoms with Gasteiger partial charge in [0.1, 0.15) is 28.7 Å². The first-order valence-corrected chi connectivity index (χ1v) is 9.56. The minimum absolute atomic E-state index is 0.0522. The van der Waals surface area contributed by atoms with Crippen LogP contribution in [0.5, 0.6) is 0 Å². The van der Waals surface area contributed by atoms with Gasteiger partial charge in [-0.05, 0) is 38.4 Å². The highest BCUT2D eigenvalue weighted by Crippen LogP contribution is 2.43. The Labute approximate surface area is 174 Å². The number of halogens is 6. The van der Waals surface area contributed by atoms with Crippen LogP contribution in [0.4, 0.5) is 26.7 Å². The molecule has 166 valence electrons. The Morgan fingerprint density at radius 2 is 2.00 bits per heavy atom. The topological polar surface area (TPSA) is 78.7 Å². The van der Waals surface area contributed by atoms with Crippen LogP contribution in [0.3, 0.4) is 0 Å². The fourth-order valence-electron chi connectivity index (χ4n) is 4.18. The smallest absolute Gasteiger partial charge is 0.368 e. The number of nitrogens with zero attached hydrogens (tertiary/aromatic N) is 2. The monoisotopic (exact) mass is 454 g/mol. The molecular weight excluding hydrogens is 435 g/mol. The number of alkyl halides is 3. The van der Waals surface area contributed by atoms with Crippen molar-refractivity contribution in [2.24, 2.45) is 11.7 Å². The molecular formula is C18H20ClF5N4O2. The quantitative estimate of drug-likeness (QED) is 0.542. The maximum Gasteiger partial charge on any atom is 0.404 e. The number of primary amides is 1. The zero-order valence-electron chi connectivity index (χ0n) is 15.8. The number of likely N-dealkylation sites (tertiary alicyclic amines) is 1. The summed E-state index contributed by atoms with van der Waals surface area (Å²) in [6.45, 7) is -0.201. The van der Waals surface area contributed by atoms with Gasteiger partial charge in [0.2, 0.25) is 5.91 Å². The summed E-state index contributed by atoms with van der Waals surface area (Å²) in [6, 6.07) is -2.88. The molecule has 0 bridgehead atoms. The number of rotatable bonds is 4. The molecule has 2 aliphatic rings. The highest BCUT2D eigenvalue weighted by molar-refractivity contribution is 6.31. The van der Waals surface area contributed by atoms with E-state index in [0.717, 1.165) is 21.9 Å². The lowest BCUT2D eigenvalue weighted by Crippen LogP contribution is -2.51. The summed E-state index contributed by atoms with van der Waals surface area (Å²) in [7, 11) is 1.34. The molecule has 12 heteroatoms. The molecule has 2 fully saturated rings. The van der Waals surface area contributed by atoms with E-state index < -0.39 is 65.2 Å². The van der Waals surface area contributed by atoms with Crippen molar-refractivity contribution in [2.45, 2.75) is 37.1 Å². The highest BCUT2D eigenvalue weighted by atomic mass is 35.5. The summed E-state index contributed by atoms with van der Waals surface area (Å²) in [5, 5.41) is 1.52. The van der Waals surface area contributed by atoms with Gasteiger partial charge >= 0.3 is 12.2 Å². The SMILES string of the molecule is CN1CC[C@H]([C@H](c2ccc(F)c(Cl)c2F)N2CC(C(N)=O)NC2=O)C[C@@H]1C(F)(F)F. The molecule has 1 aromatic rings. The van der Waals surface area contributed by atoms with Crippen molar-refractivity contribution in [1.29, 1.82) is 0 Å². The van der Waals surface area contributed by atoms with E-state index in [4.69, 9.17) is 17.3 Å². The van der Waals surface area contributed by atoms with Crippen molar-refractivity contribution >= 4 is 23.5 Å². The molecule has 30 heavy (non-hydrogen) atoms. The Balaban J connectivity index is 2.04. The molecule has 3 rings (SSSR count). The molecule has 2 heterocycles. The third kappa shape index (κ3) is 4.18. The van der Waals surface area contributed by atoms with Crippen molar-refractivity contribution in [3.8, 4) is 0 Å². The minimum atomic E-state index is -4.53. The van der Waals surface area contributed by atoms with Crippen molar-refractivity contribution in [1.82, 2.24) is 15.1 Å². The summed E-state index contributed by atoms with van der Waals surface area (Å²) < 4.78 is 69.1. The molecule has 0 aromatic heterocycles. The van der Waals surface area contributed by atoms with Crippen LogP contribution in [0.1, 0.15) is 24.4 Å². The molecule has 2 saturated heterocycles. The van der Waals surface area contributed by atoms with Crippen molar-refractivity contribution in [2.75, 3.05) is 20.1 Å². The maximum absolute atomic E-state index is 14.9. The van der Waals surface area contributed by atoms with Gasteiger partial charge < -0.3 is 16.0 Å². The number of benzene rings is 1.